The van der Waals surface area contributed by atoms with Crippen molar-refractivity contribution in [3.05, 3.63) is 29.8 Å². The summed E-state index contributed by atoms with van der Waals surface area (Å²) in [6.07, 6.45) is 5.43. The molecule has 3 N–H and O–H groups in total. The van der Waals surface area contributed by atoms with E-state index in [1.165, 1.54) is 12.8 Å². The molecule has 2 fully saturated rings. The molecule has 2 aliphatic rings. The van der Waals surface area contributed by atoms with Crippen LogP contribution in [0.4, 0.5) is 0 Å². The van der Waals surface area contributed by atoms with E-state index < -0.39 is 5.60 Å². The van der Waals surface area contributed by atoms with Gasteiger partial charge in [0.1, 0.15) is 5.75 Å². The average molecular weight is 331 g/mol. The molecule has 3 rings (SSSR count). The van der Waals surface area contributed by atoms with Crippen molar-refractivity contribution in [2.24, 2.45) is 10.9 Å². The lowest BCUT2D eigenvalue weighted by Gasteiger charge is -2.37. The van der Waals surface area contributed by atoms with Gasteiger partial charge in [0.25, 0.3) is 0 Å². The number of rotatable bonds is 8. The molecule has 0 aliphatic heterocycles. The van der Waals surface area contributed by atoms with Crippen LogP contribution in [-0.4, -0.2) is 36.4 Å². The number of nitrogens with zero attached hydrogens (tertiary/aromatic N) is 1. The third-order valence-corrected chi connectivity index (χ3v) is 4.76. The predicted octanol–water partition coefficient (Wildman–Crippen LogP) is 2.45. The summed E-state index contributed by atoms with van der Waals surface area (Å²) in [5.41, 5.74) is 0.541. The summed E-state index contributed by atoms with van der Waals surface area (Å²) in [7, 11) is 0. The van der Waals surface area contributed by atoms with E-state index in [2.05, 4.69) is 21.7 Å². The quantitative estimate of drug-likeness (QED) is 0.506. The number of guanidine groups is 1. The zero-order chi connectivity index (χ0) is 16.8. The van der Waals surface area contributed by atoms with Crippen LogP contribution in [0.25, 0.3) is 0 Å². The van der Waals surface area contributed by atoms with Gasteiger partial charge in [-0.2, -0.15) is 0 Å². The number of benzene rings is 1. The van der Waals surface area contributed by atoms with Gasteiger partial charge in [0.15, 0.2) is 5.96 Å². The molecule has 0 spiro atoms. The van der Waals surface area contributed by atoms with Gasteiger partial charge in [-0.3, -0.25) is 0 Å². The van der Waals surface area contributed by atoms with Gasteiger partial charge in [0, 0.05) is 18.7 Å². The van der Waals surface area contributed by atoms with Crippen molar-refractivity contribution in [2.45, 2.75) is 51.2 Å². The van der Waals surface area contributed by atoms with Gasteiger partial charge in [-0.25, -0.2) is 4.99 Å². The van der Waals surface area contributed by atoms with Crippen LogP contribution in [0.2, 0.25) is 0 Å². The topological polar surface area (TPSA) is 65.9 Å². The Kier molecular flexibility index (Phi) is 5.61. The van der Waals surface area contributed by atoms with Crippen molar-refractivity contribution in [2.75, 3.05) is 19.7 Å². The van der Waals surface area contributed by atoms with Crippen molar-refractivity contribution in [1.29, 1.82) is 0 Å². The first-order chi connectivity index (χ1) is 11.7. The second kappa shape index (κ2) is 7.88. The number of aliphatic imine (C=N–C) groups is 1. The molecule has 0 bridgehead atoms. The molecule has 2 saturated carbocycles. The Labute approximate surface area is 144 Å². The SMILES string of the molecule is CCNC(=NCc1ccccc1OCC1CC1)NCC1(O)CCC1. The molecule has 0 heterocycles. The van der Waals surface area contributed by atoms with Crippen molar-refractivity contribution >= 4 is 5.96 Å². The molecule has 0 amide bonds. The molecular formula is C19H29N3O2. The van der Waals surface area contributed by atoms with E-state index in [9.17, 15) is 5.11 Å². The Bertz CT molecular complexity index is 565. The smallest absolute Gasteiger partial charge is 0.191 e. The number of para-hydroxylation sites is 1. The number of hydrogen-bond donors (Lipinski definition) is 3. The second-order valence-electron chi connectivity index (χ2n) is 6.99. The second-order valence-corrected chi connectivity index (χ2v) is 6.99. The van der Waals surface area contributed by atoms with Gasteiger partial charge in [0.05, 0.1) is 18.8 Å². The van der Waals surface area contributed by atoms with E-state index in [0.29, 0.717) is 13.1 Å². The van der Waals surface area contributed by atoms with Crippen molar-refractivity contribution in [1.82, 2.24) is 10.6 Å². The Morgan fingerprint density at radius 3 is 2.75 bits per heavy atom. The van der Waals surface area contributed by atoms with Crippen LogP contribution in [0, 0.1) is 5.92 Å². The highest BCUT2D eigenvalue weighted by Gasteiger charge is 2.34. The van der Waals surface area contributed by atoms with Gasteiger partial charge >= 0.3 is 0 Å². The minimum absolute atomic E-state index is 0.554. The van der Waals surface area contributed by atoms with Gasteiger partial charge in [-0.05, 0) is 51.0 Å². The van der Waals surface area contributed by atoms with E-state index in [1.54, 1.807) is 0 Å². The Balaban J connectivity index is 1.58. The monoisotopic (exact) mass is 331 g/mol. The number of aliphatic hydroxyl groups is 1. The highest BCUT2D eigenvalue weighted by atomic mass is 16.5. The number of ether oxygens (including phenoxy) is 1. The molecule has 0 saturated heterocycles. The Morgan fingerprint density at radius 1 is 1.29 bits per heavy atom. The molecule has 0 aromatic heterocycles. The van der Waals surface area contributed by atoms with E-state index in [1.807, 2.05) is 25.1 Å². The third kappa shape index (κ3) is 4.87. The Morgan fingerprint density at radius 2 is 2.08 bits per heavy atom. The molecule has 2 aliphatic carbocycles. The summed E-state index contributed by atoms with van der Waals surface area (Å²) in [5.74, 6) is 2.42. The summed E-state index contributed by atoms with van der Waals surface area (Å²) in [6.45, 7) is 4.77. The van der Waals surface area contributed by atoms with Gasteiger partial charge < -0.3 is 20.5 Å². The summed E-state index contributed by atoms with van der Waals surface area (Å²) in [4.78, 5) is 4.65. The molecular weight excluding hydrogens is 302 g/mol. The van der Waals surface area contributed by atoms with Crippen LogP contribution in [0.1, 0.15) is 44.6 Å². The molecule has 24 heavy (non-hydrogen) atoms. The fourth-order valence-electron chi connectivity index (χ4n) is 2.78. The lowest BCUT2D eigenvalue weighted by Crippen LogP contribution is -2.50. The average Bonchev–Trinajstić information content (AvgIpc) is 3.39. The van der Waals surface area contributed by atoms with Crippen molar-refractivity contribution < 1.29 is 9.84 Å². The van der Waals surface area contributed by atoms with Crippen LogP contribution in [0.15, 0.2) is 29.3 Å². The fraction of sp³-hybridized carbons (Fsp3) is 0.632. The van der Waals surface area contributed by atoms with E-state index in [4.69, 9.17) is 4.74 Å². The summed E-state index contributed by atoms with van der Waals surface area (Å²) < 4.78 is 5.94. The highest BCUT2D eigenvalue weighted by molar-refractivity contribution is 5.79. The maximum absolute atomic E-state index is 10.2. The van der Waals surface area contributed by atoms with Crippen LogP contribution in [0.3, 0.4) is 0 Å². The normalized spacial score (nSPS) is 19.5. The highest BCUT2D eigenvalue weighted by Crippen LogP contribution is 2.31. The van der Waals surface area contributed by atoms with Crippen molar-refractivity contribution in [3.8, 4) is 5.75 Å². The molecule has 5 nitrogen and oxygen atoms in total. The number of hydrogen-bond acceptors (Lipinski definition) is 3. The molecule has 5 heteroatoms. The molecule has 0 unspecified atom stereocenters. The van der Waals surface area contributed by atoms with Gasteiger partial charge in [0.2, 0.25) is 0 Å². The van der Waals surface area contributed by atoms with Crippen LogP contribution in [-0.2, 0) is 6.54 Å². The molecule has 132 valence electrons. The lowest BCUT2D eigenvalue weighted by molar-refractivity contribution is -0.0279. The molecule has 1 aromatic carbocycles. The fourth-order valence-corrected chi connectivity index (χ4v) is 2.78. The van der Waals surface area contributed by atoms with E-state index >= 15 is 0 Å². The van der Waals surface area contributed by atoms with Gasteiger partial charge in [-0.1, -0.05) is 18.2 Å². The zero-order valence-corrected chi connectivity index (χ0v) is 14.6. The van der Waals surface area contributed by atoms with Crippen LogP contribution < -0.4 is 15.4 Å². The summed E-state index contributed by atoms with van der Waals surface area (Å²) >= 11 is 0. The Hall–Kier alpha value is -1.75. The van der Waals surface area contributed by atoms with Gasteiger partial charge in [-0.15, -0.1) is 0 Å². The standard InChI is InChI=1S/C19H29N3O2/c1-2-20-18(22-14-19(23)10-5-11-19)21-12-16-6-3-4-7-17(16)24-13-15-8-9-15/h3-4,6-7,15,23H,2,5,8-14H2,1H3,(H2,20,21,22). The molecule has 0 atom stereocenters. The zero-order valence-electron chi connectivity index (χ0n) is 14.6. The first kappa shape index (κ1) is 17.1. The largest absolute Gasteiger partial charge is 0.493 e. The summed E-state index contributed by atoms with van der Waals surface area (Å²) in [5, 5.41) is 16.7. The number of nitrogens with one attached hydrogen (secondary N) is 2. The van der Waals surface area contributed by atoms with E-state index in [0.717, 1.165) is 55.6 Å². The molecule has 0 radical (unpaired) electrons. The van der Waals surface area contributed by atoms with Crippen molar-refractivity contribution in [3.63, 3.8) is 0 Å². The first-order valence-corrected chi connectivity index (χ1v) is 9.14. The minimum atomic E-state index is -0.554. The minimum Gasteiger partial charge on any atom is -0.493 e. The van der Waals surface area contributed by atoms with E-state index in [-0.39, 0.29) is 0 Å². The first-order valence-electron chi connectivity index (χ1n) is 9.14. The third-order valence-electron chi connectivity index (χ3n) is 4.76. The maximum Gasteiger partial charge on any atom is 0.191 e. The summed E-state index contributed by atoms with van der Waals surface area (Å²) in [6, 6.07) is 8.11. The maximum atomic E-state index is 10.2. The van der Waals surface area contributed by atoms with Crippen LogP contribution in [0.5, 0.6) is 5.75 Å². The molecule has 1 aromatic rings. The predicted molar refractivity (Wildman–Crippen MR) is 96.3 cm³/mol. The van der Waals surface area contributed by atoms with Crippen LogP contribution >= 0.6 is 0 Å². The lowest BCUT2D eigenvalue weighted by atomic mass is 9.80.